The van der Waals surface area contributed by atoms with Gasteiger partial charge in [-0.25, -0.2) is 9.97 Å². The molecule has 0 bridgehead atoms. The smallest absolute Gasteiger partial charge is 0.236 e. The Balaban J connectivity index is 1.48. The van der Waals surface area contributed by atoms with Crippen molar-refractivity contribution in [2.45, 2.75) is 25.8 Å². The van der Waals surface area contributed by atoms with Gasteiger partial charge in [0.2, 0.25) is 5.91 Å². The Morgan fingerprint density at radius 1 is 1.00 bits per heavy atom. The first-order valence-corrected chi connectivity index (χ1v) is 10.5. The number of hydrogen-bond donors (Lipinski definition) is 1. The molecule has 0 atom stereocenters. The third-order valence-electron chi connectivity index (χ3n) is 4.45. The van der Waals surface area contributed by atoms with Crippen molar-refractivity contribution in [3.05, 3.63) is 59.2 Å². The molecule has 0 spiro atoms. The number of nitrogens with zero attached hydrogens (tertiary/aromatic N) is 2. The zero-order valence-electron chi connectivity index (χ0n) is 15.4. The van der Waals surface area contributed by atoms with Gasteiger partial charge in [0.15, 0.2) is 5.13 Å². The second-order valence-corrected chi connectivity index (χ2v) is 8.56. The van der Waals surface area contributed by atoms with Crippen LogP contribution in [-0.4, -0.2) is 21.6 Å². The van der Waals surface area contributed by atoms with Gasteiger partial charge in [-0.2, -0.15) is 0 Å². The van der Waals surface area contributed by atoms with Crippen LogP contribution in [0.1, 0.15) is 16.7 Å². The lowest BCUT2D eigenvalue weighted by Gasteiger charge is -2.09. The van der Waals surface area contributed by atoms with Crippen LogP contribution in [0.4, 0.5) is 5.13 Å². The minimum Gasteiger partial charge on any atom is -0.301 e. The zero-order chi connectivity index (χ0) is 19.0. The molecule has 4 aromatic rings. The van der Waals surface area contributed by atoms with E-state index in [2.05, 4.69) is 42.3 Å². The highest BCUT2D eigenvalue weighted by Crippen LogP contribution is 2.28. The summed E-state index contributed by atoms with van der Waals surface area (Å²) in [4.78, 5) is 21.5. The fraction of sp³-hybridized carbons (Fsp3) is 0.190. The van der Waals surface area contributed by atoms with E-state index in [1.165, 1.54) is 34.2 Å². The number of pyridine rings is 1. The van der Waals surface area contributed by atoms with Gasteiger partial charge in [0.05, 0.1) is 21.5 Å². The second kappa shape index (κ2) is 7.29. The summed E-state index contributed by atoms with van der Waals surface area (Å²) in [6.45, 7) is 6.24. The number of amides is 1. The predicted octanol–water partition coefficient (Wildman–Crippen LogP) is 5.50. The summed E-state index contributed by atoms with van der Waals surface area (Å²) >= 11 is 2.95. The van der Waals surface area contributed by atoms with Gasteiger partial charge in [-0.1, -0.05) is 35.2 Å². The lowest BCUT2D eigenvalue weighted by molar-refractivity contribution is -0.113. The van der Waals surface area contributed by atoms with E-state index in [0.29, 0.717) is 10.9 Å². The fourth-order valence-electron chi connectivity index (χ4n) is 2.89. The highest BCUT2D eigenvalue weighted by molar-refractivity contribution is 8.00. The number of aromatic nitrogens is 2. The first-order valence-electron chi connectivity index (χ1n) is 8.66. The first kappa shape index (κ1) is 17.9. The van der Waals surface area contributed by atoms with Gasteiger partial charge in [-0.05, 0) is 67.8 Å². The molecule has 4 nitrogen and oxygen atoms in total. The number of nitrogens with one attached hydrogen (secondary N) is 1. The summed E-state index contributed by atoms with van der Waals surface area (Å²) in [5.41, 5.74) is 5.45. The standard InChI is InChI=1S/C21H19N3OS2/c1-12-8-15-9-14(3)20(22-17(15)10-13(12)2)26-11-19(25)24-21-23-16-6-4-5-7-18(16)27-21/h4-10H,11H2,1-3H3,(H,23,24,25). The number of carbonyl (C=O) groups is 1. The van der Waals surface area contributed by atoms with Crippen molar-refractivity contribution in [2.24, 2.45) is 0 Å². The largest absolute Gasteiger partial charge is 0.301 e. The summed E-state index contributed by atoms with van der Waals surface area (Å²) in [7, 11) is 0. The lowest BCUT2D eigenvalue weighted by Crippen LogP contribution is -2.14. The predicted molar refractivity (Wildman–Crippen MR) is 115 cm³/mol. The number of thioether (sulfide) groups is 1. The minimum atomic E-state index is -0.0690. The molecule has 27 heavy (non-hydrogen) atoms. The molecule has 0 aliphatic carbocycles. The normalized spacial score (nSPS) is 11.2. The van der Waals surface area contributed by atoms with Gasteiger partial charge < -0.3 is 5.32 Å². The monoisotopic (exact) mass is 393 g/mol. The van der Waals surface area contributed by atoms with Crippen LogP contribution in [0.2, 0.25) is 0 Å². The summed E-state index contributed by atoms with van der Waals surface area (Å²) in [5, 5.41) is 5.56. The highest BCUT2D eigenvalue weighted by Gasteiger charge is 2.11. The maximum atomic E-state index is 12.3. The molecule has 0 unspecified atom stereocenters. The number of anilines is 1. The number of aryl methyl sites for hydroxylation is 3. The average Bonchev–Trinajstić information content (AvgIpc) is 3.03. The van der Waals surface area contributed by atoms with Crippen LogP contribution in [0.3, 0.4) is 0 Å². The van der Waals surface area contributed by atoms with Gasteiger partial charge in [-0.15, -0.1) is 0 Å². The van der Waals surface area contributed by atoms with Gasteiger partial charge >= 0.3 is 0 Å². The van der Waals surface area contributed by atoms with E-state index in [1.807, 2.05) is 31.2 Å². The maximum Gasteiger partial charge on any atom is 0.236 e. The lowest BCUT2D eigenvalue weighted by atomic mass is 10.1. The third kappa shape index (κ3) is 3.82. The third-order valence-corrected chi connectivity index (χ3v) is 6.50. The van der Waals surface area contributed by atoms with Gasteiger partial charge in [0, 0.05) is 5.39 Å². The number of para-hydroxylation sites is 1. The number of hydrogen-bond acceptors (Lipinski definition) is 5. The molecule has 6 heteroatoms. The van der Waals surface area contributed by atoms with Crippen LogP contribution in [0, 0.1) is 20.8 Å². The highest BCUT2D eigenvalue weighted by atomic mass is 32.2. The van der Waals surface area contributed by atoms with Crippen molar-refractivity contribution >= 4 is 55.3 Å². The molecule has 0 fully saturated rings. The molecule has 0 radical (unpaired) electrons. The topological polar surface area (TPSA) is 54.9 Å². The van der Waals surface area contributed by atoms with Crippen LogP contribution >= 0.6 is 23.1 Å². The quantitative estimate of drug-likeness (QED) is 0.465. The van der Waals surface area contributed by atoms with Gasteiger partial charge in [0.1, 0.15) is 5.03 Å². The Labute approximate surface area is 166 Å². The fourth-order valence-corrected chi connectivity index (χ4v) is 4.56. The van der Waals surface area contributed by atoms with Crippen LogP contribution < -0.4 is 5.32 Å². The summed E-state index contributed by atoms with van der Waals surface area (Å²) in [5.74, 6) is 0.237. The zero-order valence-corrected chi connectivity index (χ0v) is 17.0. The molecular formula is C21H19N3OS2. The summed E-state index contributed by atoms with van der Waals surface area (Å²) < 4.78 is 1.07. The first-order chi connectivity index (χ1) is 13.0. The Morgan fingerprint density at radius 3 is 2.56 bits per heavy atom. The SMILES string of the molecule is Cc1cc2cc(C)c(SCC(=O)Nc3nc4ccccc4s3)nc2cc1C. The molecule has 0 saturated heterocycles. The van der Waals surface area contributed by atoms with Crippen molar-refractivity contribution in [3.8, 4) is 0 Å². The van der Waals surface area contributed by atoms with E-state index in [4.69, 9.17) is 4.98 Å². The second-order valence-electron chi connectivity index (χ2n) is 6.56. The van der Waals surface area contributed by atoms with Crippen LogP contribution in [0.25, 0.3) is 21.1 Å². The molecule has 2 aromatic heterocycles. The van der Waals surface area contributed by atoms with Crippen molar-refractivity contribution in [2.75, 3.05) is 11.1 Å². The van der Waals surface area contributed by atoms with Crippen LogP contribution in [0.5, 0.6) is 0 Å². The Hall–Kier alpha value is -2.44. The Bertz CT molecular complexity index is 1130. The van der Waals surface area contributed by atoms with Gasteiger partial charge in [-0.3, -0.25) is 4.79 Å². The van der Waals surface area contributed by atoms with Crippen LogP contribution in [-0.2, 0) is 4.79 Å². The molecule has 1 amide bonds. The molecule has 0 aliphatic rings. The van der Waals surface area contributed by atoms with Crippen molar-refractivity contribution in [3.63, 3.8) is 0 Å². The molecular weight excluding hydrogens is 374 g/mol. The molecule has 0 aliphatic heterocycles. The van der Waals surface area contributed by atoms with Crippen LogP contribution in [0.15, 0.2) is 47.5 Å². The maximum absolute atomic E-state index is 12.3. The molecule has 2 aromatic carbocycles. The van der Waals surface area contributed by atoms with E-state index in [-0.39, 0.29) is 5.91 Å². The molecule has 0 saturated carbocycles. The molecule has 2 heterocycles. The minimum absolute atomic E-state index is 0.0690. The average molecular weight is 394 g/mol. The van der Waals surface area contributed by atoms with Gasteiger partial charge in [0.25, 0.3) is 0 Å². The van der Waals surface area contributed by atoms with Crippen molar-refractivity contribution < 1.29 is 4.79 Å². The Morgan fingerprint density at radius 2 is 1.74 bits per heavy atom. The van der Waals surface area contributed by atoms with Crippen molar-refractivity contribution in [1.82, 2.24) is 9.97 Å². The van der Waals surface area contributed by atoms with E-state index in [9.17, 15) is 4.79 Å². The van der Waals surface area contributed by atoms with E-state index >= 15 is 0 Å². The molecule has 136 valence electrons. The number of fused-ring (bicyclic) bond motifs is 2. The van der Waals surface area contributed by atoms with E-state index < -0.39 is 0 Å². The van der Waals surface area contributed by atoms with E-state index in [0.717, 1.165) is 31.7 Å². The Kier molecular flexibility index (Phi) is 4.85. The van der Waals surface area contributed by atoms with E-state index in [1.54, 1.807) is 0 Å². The number of rotatable bonds is 4. The number of benzene rings is 2. The summed E-state index contributed by atoms with van der Waals surface area (Å²) in [6.07, 6.45) is 0. The number of carbonyl (C=O) groups excluding carboxylic acids is 1. The molecule has 4 rings (SSSR count). The summed E-state index contributed by atoms with van der Waals surface area (Å²) in [6, 6.07) is 14.3. The number of thiazole rings is 1. The van der Waals surface area contributed by atoms with Crippen molar-refractivity contribution in [1.29, 1.82) is 0 Å². The molecule has 1 N–H and O–H groups in total.